The van der Waals surface area contributed by atoms with E-state index in [1.54, 1.807) is 6.20 Å². The minimum atomic E-state index is -0.925. The number of rotatable bonds is 2. The fourth-order valence-corrected chi connectivity index (χ4v) is 1.83. The Morgan fingerprint density at radius 2 is 2.00 bits per heavy atom. The lowest BCUT2D eigenvalue weighted by molar-refractivity contribution is 0.0703. The molecule has 1 N–H and O–H groups in total. The summed E-state index contributed by atoms with van der Waals surface area (Å²) in [4.78, 5) is 11.1. The monoisotopic (exact) mass is 205 g/mol. The summed E-state index contributed by atoms with van der Waals surface area (Å²) in [5.74, 6) is -0.925. The molecule has 14 heavy (non-hydrogen) atoms. The van der Waals surface area contributed by atoms with Crippen molar-refractivity contribution < 1.29 is 9.90 Å². The number of carbonyl (C=O) groups is 1. The fraction of sp³-hybridized carbons (Fsp3) is 0. The van der Waals surface area contributed by atoms with Crippen LogP contribution in [0.25, 0.3) is 11.1 Å². The predicted octanol–water partition coefficient (Wildman–Crippen LogP) is 2.51. The largest absolute Gasteiger partial charge is 0.477 e. The van der Waals surface area contributed by atoms with Gasteiger partial charge in [-0.3, -0.25) is 0 Å². The molecule has 0 unspecified atom stereocenters. The lowest BCUT2D eigenvalue weighted by Crippen LogP contribution is -1.93. The van der Waals surface area contributed by atoms with Gasteiger partial charge in [0.1, 0.15) is 4.88 Å². The van der Waals surface area contributed by atoms with Gasteiger partial charge >= 0.3 is 5.97 Å². The van der Waals surface area contributed by atoms with Crippen LogP contribution in [-0.2, 0) is 0 Å². The first-order valence-corrected chi connectivity index (χ1v) is 4.80. The molecule has 70 valence electrons. The minimum absolute atomic E-state index is 0.288. The Kier molecular flexibility index (Phi) is 2.28. The van der Waals surface area contributed by atoms with E-state index in [2.05, 4.69) is 4.37 Å². The molecule has 0 radical (unpaired) electrons. The van der Waals surface area contributed by atoms with E-state index in [4.69, 9.17) is 5.11 Å². The zero-order valence-corrected chi connectivity index (χ0v) is 7.99. The van der Waals surface area contributed by atoms with Gasteiger partial charge in [-0.25, -0.2) is 4.79 Å². The fourth-order valence-electron chi connectivity index (χ4n) is 1.22. The maximum Gasteiger partial charge on any atom is 0.348 e. The first kappa shape index (κ1) is 8.90. The topological polar surface area (TPSA) is 50.2 Å². The molecule has 1 aromatic heterocycles. The highest BCUT2D eigenvalue weighted by Gasteiger charge is 2.13. The number of nitrogens with zero attached hydrogens (tertiary/aromatic N) is 1. The average Bonchev–Trinajstić information content (AvgIpc) is 2.67. The Hall–Kier alpha value is -1.68. The van der Waals surface area contributed by atoms with Gasteiger partial charge in [0.2, 0.25) is 0 Å². The maximum absolute atomic E-state index is 10.8. The molecule has 0 atom stereocenters. The Bertz CT molecular complexity index is 450. The third kappa shape index (κ3) is 1.52. The zero-order valence-electron chi connectivity index (χ0n) is 7.18. The molecule has 0 spiro atoms. The average molecular weight is 205 g/mol. The van der Waals surface area contributed by atoms with Gasteiger partial charge in [-0.2, -0.15) is 4.37 Å². The summed E-state index contributed by atoms with van der Waals surface area (Å²) < 4.78 is 3.88. The van der Waals surface area contributed by atoms with Crippen molar-refractivity contribution in [2.24, 2.45) is 0 Å². The van der Waals surface area contributed by atoms with Crippen molar-refractivity contribution in [2.45, 2.75) is 0 Å². The summed E-state index contributed by atoms with van der Waals surface area (Å²) in [5.41, 5.74) is 1.57. The van der Waals surface area contributed by atoms with Gasteiger partial charge in [0.25, 0.3) is 0 Å². The van der Waals surface area contributed by atoms with Crippen molar-refractivity contribution in [3.63, 3.8) is 0 Å². The van der Waals surface area contributed by atoms with Crippen molar-refractivity contribution >= 4 is 17.5 Å². The van der Waals surface area contributed by atoms with E-state index in [1.165, 1.54) is 0 Å². The van der Waals surface area contributed by atoms with E-state index < -0.39 is 5.97 Å². The number of carboxylic acids is 1. The lowest BCUT2D eigenvalue weighted by atomic mass is 10.1. The van der Waals surface area contributed by atoms with Crippen LogP contribution in [0, 0.1) is 0 Å². The molecule has 4 heteroatoms. The summed E-state index contributed by atoms with van der Waals surface area (Å²) in [6.45, 7) is 0. The van der Waals surface area contributed by atoms with Gasteiger partial charge in [0.05, 0.1) is 0 Å². The molecule has 0 saturated carbocycles. The smallest absolute Gasteiger partial charge is 0.348 e. The van der Waals surface area contributed by atoms with Crippen LogP contribution in [0.4, 0.5) is 0 Å². The van der Waals surface area contributed by atoms with E-state index in [9.17, 15) is 4.79 Å². The summed E-state index contributed by atoms with van der Waals surface area (Å²) in [5, 5.41) is 8.89. The van der Waals surface area contributed by atoms with Crippen LogP contribution in [0.15, 0.2) is 36.5 Å². The van der Waals surface area contributed by atoms with Crippen LogP contribution < -0.4 is 0 Å². The van der Waals surface area contributed by atoms with Gasteiger partial charge in [0.15, 0.2) is 0 Å². The third-order valence-electron chi connectivity index (χ3n) is 1.85. The Balaban J connectivity index is 2.52. The first-order valence-electron chi connectivity index (χ1n) is 4.02. The number of hydrogen-bond donors (Lipinski definition) is 1. The second-order valence-corrected chi connectivity index (χ2v) is 3.54. The molecular formula is C10H7NO2S. The third-order valence-corrected chi connectivity index (χ3v) is 2.64. The Morgan fingerprint density at radius 1 is 1.29 bits per heavy atom. The van der Waals surface area contributed by atoms with Crippen LogP contribution in [0.5, 0.6) is 0 Å². The quantitative estimate of drug-likeness (QED) is 0.819. The van der Waals surface area contributed by atoms with Crippen molar-refractivity contribution in [3.8, 4) is 11.1 Å². The van der Waals surface area contributed by atoms with E-state index in [0.717, 1.165) is 17.1 Å². The molecule has 0 saturated heterocycles. The second kappa shape index (κ2) is 3.59. The molecular weight excluding hydrogens is 198 g/mol. The standard InChI is InChI=1S/C10H7NO2S/c12-10(13)9-8(6-11-14-9)7-4-2-1-3-5-7/h1-6H,(H,12,13). The molecule has 1 aromatic carbocycles. The van der Waals surface area contributed by atoms with Crippen molar-refractivity contribution in [1.82, 2.24) is 4.37 Å². The molecule has 0 aliphatic carbocycles. The molecule has 0 bridgehead atoms. The predicted molar refractivity (Wildman–Crippen MR) is 54.5 cm³/mol. The number of carboxylic acid groups (broad SMARTS) is 1. The second-order valence-electron chi connectivity index (χ2n) is 2.74. The summed E-state index contributed by atoms with van der Waals surface area (Å²) >= 11 is 1.00. The van der Waals surface area contributed by atoms with Crippen LogP contribution >= 0.6 is 11.5 Å². The van der Waals surface area contributed by atoms with Crippen LogP contribution in [0.2, 0.25) is 0 Å². The van der Waals surface area contributed by atoms with Gasteiger partial charge in [0, 0.05) is 11.8 Å². The van der Waals surface area contributed by atoms with E-state index >= 15 is 0 Å². The lowest BCUT2D eigenvalue weighted by Gasteiger charge is -1.97. The maximum atomic E-state index is 10.8. The molecule has 0 aliphatic heterocycles. The van der Waals surface area contributed by atoms with E-state index in [-0.39, 0.29) is 4.88 Å². The van der Waals surface area contributed by atoms with Gasteiger partial charge < -0.3 is 5.11 Å². The molecule has 1 heterocycles. The van der Waals surface area contributed by atoms with Crippen molar-refractivity contribution in [3.05, 3.63) is 41.4 Å². The number of hydrogen-bond acceptors (Lipinski definition) is 3. The summed E-state index contributed by atoms with van der Waals surface area (Å²) in [6, 6.07) is 9.38. The Labute approximate surface area is 84.8 Å². The number of benzene rings is 1. The minimum Gasteiger partial charge on any atom is -0.477 e. The first-order chi connectivity index (χ1) is 6.79. The van der Waals surface area contributed by atoms with Gasteiger partial charge in [-0.1, -0.05) is 30.3 Å². The molecule has 0 amide bonds. The molecule has 2 aromatic rings. The van der Waals surface area contributed by atoms with Crippen LogP contribution in [-0.4, -0.2) is 15.4 Å². The van der Waals surface area contributed by atoms with Crippen LogP contribution in [0.1, 0.15) is 9.67 Å². The highest BCUT2D eigenvalue weighted by molar-refractivity contribution is 7.08. The summed E-state index contributed by atoms with van der Waals surface area (Å²) in [6.07, 6.45) is 1.59. The highest BCUT2D eigenvalue weighted by atomic mass is 32.1. The molecule has 2 rings (SSSR count). The Morgan fingerprint density at radius 3 is 2.64 bits per heavy atom. The molecule has 0 fully saturated rings. The normalized spacial score (nSPS) is 10.0. The number of aromatic nitrogens is 1. The highest BCUT2D eigenvalue weighted by Crippen LogP contribution is 2.25. The molecule has 0 aliphatic rings. The zero-order chi connectivity index (χ0) is 9.97. The van der Waals surface area contributed by atoms with Crippen LogP contribution in [0.3, 0.4) is 0 Å². The number of aromatic carboxylic acids is 1. The van der Waals surface area contributed by atoms with E-state index in [0.29, 0.717) is 5.56 Å². The SMILES string of the molecule is O=C(O)c1sncc1-c1ccccc1. The van der Waals surface area contributed by atoms with Gasteiger partial charge in [-0.15, -0.1) is 0 Å². The van der Waals surface area contributed by atoms with E-state index in [1.807, 2.05) is 30.3 Å². The van der Waals surface area contributed by atoms with Crippen molar-refractivity contribution in [1.29, 1.82) is 0 Å². The van der Waals surface area contributed by atoms with Gasteiger partial charge in [-0.05, 0) is 17.1 Å². The van der Waals surface area contributed by atoms with Crippen molar-refractivity contribution in [2.75, 3.05) is 0 Å². The summed E-state index contributed by atoms with van der Waals surface area (Å²) in [7, 11) is 0. The molecule has 3 nitrogen and oxygen atoms in total.